The minimum atomic E-state index is -0.303. The van der Waals surface area contributed by atoms with Gasteiger partial charge in [-0.3, -0.25) is 4.79 Å². The smallest absolute Gasteiger partial charge is 0.289 e. The molecular weight excluding hydrogens is 348 g/mol. The Kier molecular flexibility index (Phi) is 4.97. The second kappa shape index (κ2) is 7.88. The molecule has 0 atom stereocenters. The van der Waals surface area contributed by atoms with Gasteiger partial charge in [0.25, 0.3) is 5.91 Å². The molecule has 0 aliphatic heterocycles. The number of carbonyl (C=O) groups is 1. The summed E-state index contributed by atoms with van der Waals surface area (Å²) in [5, 5.41) is 7.05. The summed E-state index contributed by atoms with van der Waals surface area (Å²) in [5.74, 6) is 0.448. The first kappa shape index (κ1) is 17.7. The van der Waals surface area contributed by atoms with Gasteiger partial charge in [-0.15, -0.1) is 0 Å². The van der Waals surface area contributed by atoms with Crippen molar-refractivity contribution in [3.8, 4) is 0 Å². The highest BCUT2D eigenvalue weighted by atomic mass is 16.2. The van der Waals surface area contributed by atoms with Crippen molar-refractivity contribution in [2.24, 2.45) is 0 Å². The van der Waals surface area contributed by atoms with E-state index in [2.05, 4.69) is 20.6 Å². The Bertz CT molecular complexity index is 1110. The summed E-state index contributed by atoms with van der Waals surface area (Å²) < 4.78 is 0. The summed E-state index contributed by atoms with van der Waals surface area (Å²) in [5.41, 5.74) is 3.83. The minimum absolute atomic E-state index is 0.143. The van der Waals surface area contributed by atoms with Gasteiger partial charge in [-0.05, 0) is 36.8 Å². The SMILES string of the molecule is Cc1ccc(CNC(=O)c2nc(Nc3ccccc3)c3ccccc3n2)cc1. The summed E-state index contributed by atoms with van der Waals surface area (Å²) in [6, 6.07) is 25.4. The molecule has 0 spiro atoms. The highest BCUT2D eigenvalue weighted by molar-refractivity contribution is 5.97. The standard InChI is InChI=1S/C23H20N4O/c1-16-11-13-17(14-12-16)15-24-23(28)22-26-20-10-6-5-9-19(20)21(27-22)25-18-7-3-2-4-8-18/h2-14H,15H2,1H3,(H,24,28)(H,25,26,27). The number of anilines is 2. The number of carbonyl (C=O) groups excluding carboxylic acids is 1. The number of rotatable bonds is 5. The lowest BCUT2D eigenvalue weighted by Crippen LogP contribution is -2.25. The van der Waals surface area contributed by atoms with Crippen molar-refractivity contribution >= 4 is 28.3 Å². The fourth-order valence-electron chi connectivity index (χ4n) is 2.90. The lowest BCUT2D eigenvalue weighted by molar-refractivity contribution is 0.0941. The van der Waals surface area contributed by atoms with E-state index in [1.54, 1.807) is 0 Å². The van der Waals surface area contributed by atoms with Crippen LogP contribution in [0.15, 0.2) is 78.9 Å². The van der Waals surface area contributed by atoms with E-state index in [1.807, 2.05) is 85.8 Å². The Morgan fingerprint density at radius 1 is 0.857 bits per heavy atom. The molecule has 28 heavy (non-hydrogen) atoms. The molecule has 3 aromatic carbocycles. The fraction of sp³-hybridized carbons (Fsp3) is 0.0870. The van der Waals surface area contributed by atoms with Crippen molar-refractivity contribution in [1.29, 1.82) is 0 Å². The number of para-hydroxylation sites is 2. The molecule has 0 fully saturated rings. The van der Waals surface area contributed by atoms with E-state index < -0.39 is 0 Å². The van der Waals surface area contributed by atoms with Gasteiger partial charge >= 0.3 is 0 Å². The summed E-state index contributed by atoms with van der Waals surface area (Å²) in [6.45, 7) is 2.46. The molecule has 4 aromatic rings. The second-order valence-electron chi connectivity index (χ2n) is 6.57. The Morgan fingerprint density at radius 3 is 2.36 bits per heavy atom. The quantitative estimate of drug-likeness (QED) is 0.540. The van der Waals surface area contributed by atoms with Crippen LogP contribution in [0.4, 0.5) is 11.5 Å². The van der Waals surface area contributed by atoms with Gasteiger partial charge in [-0.25, -0.2) is 9.97 Å². The van der Waals surface area contributed by atoms with Crippen molar-refractivity contribution < 1.29 is 4.79 Å². The summed E-state index contributed by atoms with van der Waals surface area (Å²) in [7, 11) is 0. The zero-order chi connectivity index (χ0) is 19.3. The number of aryl methyl sites for hydroxylation is 1. The normalized spacial score (nSPS) is 10.6. The molecule has 0 bridgehead atoms. The van der Waals surface area contributed by atoms with Gasteiger partial charge < -0.3 is 10.6 Å². The highest BCUT2D eigenvalue weighted by Crippen LogP contribution is 2.23. The van der Waals surface area contributed by atoms with E-state index >= 15 is 0 Å². The van der Waals surface area contributed by atoms with Crippen LogP contribution in [0.1, 0.15) is 21.7 Å². The molecule has 0 saturated heterocycles. The number of amides is 1. The molecule has 5 nitrogen and oxygen atoms in total. The van der Waals surface area contributed by atoms with Gasteiger partial charge in [-0.2, -0.15) is 0 Å². The van der Waals surface area contributed by atoms with Gasteiger partial charge in [-0.1, -0.05) is 60.2 Å². The third-order valence-electron chi connectivity index (χ3n) is 4.42. The molecule has 5 heteroatoms. The van der Waals surface area contributed by atoms with Crippen LogP contribution < -0.4 is 10.6 Å². The second-order valence-corrected chi connectivity index (χ2v) is 6.57. The van der Waals surface area contributed by atoms with Crippen molar-refractivity contribution in [3.63, 3.8) is 0 Å². The number of nitrogens with one attached hydrogen (secondary N) is 2. The molecule has 138 valence electrons. The highest BCUT2D eigenvalue weighted by Gasteiger charge is 2.14. The number of hydrogen-bond donors (Lipinski definition) is 2. The molecule has 1 heterocycles. The molecule has 4 rings (SSSR count). The number of hydrogen-bond acceptors (Lipinski definition) is 4. The molecule has 0 saturated carbocycles. The molecule has 0 unspecified atom stereocenters. The maximum atomic E-state index is 12.7. The number of aromatic nitrogens is 2. The Labute approximate surface area is 163 Å². The number of benzene rings is 3. The molecule has 2 N–H and O–H groups in total. The van der Waals surface area contributed by atoms with Gasteiger partial charge in [0, 0.05) is 17.6 Å². The molecule has 0 aliphatic carbocycles. The van der Waals surface area contributed by atoms with Crippen molar-refractivity contribution in [3.05, 3.63) is 95.8 Å². The third-order valence-corrected chi connectivity index (χ3v) is 4.42. The van der Waals surface area contributed by atoms with Gasteiger partial charge in [0.1, 0.15) is 5.82 Å². The van der Waals surface area contributed by atoms with Gasteiger partial charge in [0.2, 0.25) is 5.82 Å². The zero-order valence-electron chi connectivity index (χ0n) is 15.5. The molecular formula is C23H20N4O. The van der Waals surface area contributed by atoms with Crippen LogP contribution in [0, 0.1) is 6.92 Å². The van der Waals surface area contributed by atoms with Crippen LogP contribution in [-0.2, 0) is 6.54 Å². The Morgan fingerprint density at radius 2 is 1.57 bits per heavy atom. The predicted molar refractivity (Wildman–Crippen MR) is 112 cm³/mol. The first-order valence-corrected chi connectivity index (χ1v) is 9.12. The topological polar surface area (TPSA) is 66.9 Å². The monoisotopic (exact) mass is 368 g/mol. The van der Waals surface area contributed by atoms with Crippen molar-refractivity contribution in [1.82, 2.24) is 15.3 Å². The maximum Gasteiger partial charge on any atom is 0.289 e. The Balaban J connectivity index is 1.61. The first-order chi connectivity index (χ1) is 13.7. The van der Waals surface area contributed by atoms with Gasteiger partial charge in [0.05, 0.1) is 5.52 Å². The lowest BCUT2D eigenvalue weighted by atomic mass is 10.1. The third kappa shape index (κ3) is 3.99. The van der Waals surface area contributed by atoms with E-state index in [0.29, 0.717) is 12.4 Å². The van der Waals surface area contributed by atoms with Crippen molar-refractivity contribution in [2.45, 2.75) is 13.5 Å². The van der Waals surface area contributed by atoms with E-state index in [0.717, 1.165) is 22.2 Å². The van der Waals surface area contributed by atoms with E-state index in [1.165, 1.54) is 5.56 Å². The predicted octanol–water partition coefficient (Wildman–Crippen LogP) is 4.61. The zero-order valence-corrected chi connectivity index (χ0v) is 15.5. The number of fused-ring (bicyclic) bond motifs is 1. The molecule has 1 aromatic heterocycles. The van der Waals surface area contributed by atoms with Gasteiger partial charge in [0.15, 0.2) is 0 Å². The van der Waals surface area contributed by atoms with Crippen LogP contribution in [0.2, 0.25) is 0 Å². The molecule has 0 radical (unpaired) electrons. The largest absolute Gasteiger partial charge is 0.345 e. The lowest BCUT2D eigenvalue weighted by Gasteiger charge is -2.11. The average Bonchev–Trinajstić information content (AvgIpc) is 2.74. The van der Waals surface area contributed by atoms with Crippen molar-refractivity contribution in [2.75, 3.05) is 5.32 Å². The van der Waals surface area contributed by atoms with Crippen LogP contribution in [0.5, 0.6) is 0 Å². The summed E-state index contributed by atoms with van der Waals surface area (Å²) >= 11 is 0. The molecule has 0 aliphatic rings. The van der Waals surface area contributed by atoms with Crippen LogP contribution >= 0.6 is 0 Å². The number of nitrogens with zero attached hydrogens (tertiary/aromatic N) is 2. The Hall–Kier alpha value is -3.73. The first-order valence-electron chi connectivity index (χ1n) is 9.12. The molecule has 1 amide bonds. The van der Waals surface area contributed by atoms with E-state index in [9.17, 15) is 4.79 Å². The van der Waals surface area contributed by atoms with Crippen LogP contribution in [0.25, 0.3) is 10.9 Å². The average molecular weight is 368 g/mol. The van der Waals surface area contributed by atoms with E-state index in [4.69, 9.17) is 0 Å². The maximum absolute atomic E-state index is 12.7. The summed E-state index contributed by atoms with van der Waals surface area (Å²) in [4.78, 5) is 21.6. The minimum Gasteiger partial charge on any atom is -0.345 e. The van der Waals surface area contributed by atoms with Crippen LogP contribution in [0.3, 0.4) is 0 Å². The summed E-state index contributed by atoms with van der Waals surface area (Å²) in [6.07, 6.45) is 0. The fourth-order valence-corrected chi connectivity index (χ4v) is 2.90. The van der Waals surface area contributed by atoms with Crippen LogP contribution in [-0.4, -0.2) is 15.9 Å². The van der Waals surface area contributed by atoms with E-state index in [-0.39, 0.29) is 11.7 Å².